The van der Waals surface area contributed by atoms with E-state index in [-0.39, 0.29) is 11.8 Å². The van der Waals surface area contributed by atoms with Crippen molar-refractivity contribution >= 4 is 5.97 Å². The van der Waals surface area contributed by atoms with Crippen molar-refractivity contribution in [2.24, 2.45) is 11.8 Å². The fourth-order valence-corrected chi connectivity index (χ4v) is 1.58. The number of hydrogen-bond donors (Lipinski definition) is 1. The number of rotatable bonds is 2. The van der Waals surface area contributed by atoms with Crippen molar-refractivity contribution in [3.05, 3.63) is 11.6 Å². The van der Waals surface area contributed by atoms with Gasteiger partial charge in [0.1, 0.15) is 0 Å². The first kappa shape index (κ1) is 8.86. The lowest BCUT2D eigenvalue weighted by Gasteiger charge is -2.15. The summed E-state index contributed by atoms with van der Waals surface area (Å²) in [6, 6.07) is 0. The van der Waals surface area contributed by atoms with Crippen molar-refractivity contribution in [3.63, 3.8) is 0 Å². The molecule has 0 saturated carbocycles. The molecule has 0 aromatic heterocycles. The van der Waals surface area contributed by atoms with E-state index in [0.29, 0.717) is 0 Å². The maximum absolute atomic E-state index is 10.7. The van der Waals surface area contributed by atoms with E-state index in [4.69, 9.17) is 11.5 Å². The molecule has 2 nitrogen and oxygen atoms in total. The topological polar surface area (TPSA) is 37.3 Å². The highest BCUT2D eigenvalue weighted by Crippen LogP contribution is 2.31. The van der Waals surface area contributed by atoms with Crippen LogP contribution in [0.1, 0.15) is 19.8 Å². The molecule has 2 atom stereocenters. The van der Waals surface area contributed by atoms with E-state index in [1.165, 1.54) is 0 Å². The Labute approximate surface area is 72.3 Å². The van der Waals surface area contributed by atoms with Gasteiger partial charge in [-0.15, -0.1) is 6.42 Å². The highest BCUT2D eigenvalue weighted by Gasteiger charge is 2.28. The van der Waals surface area contributed by atoms with Crippen LogP contribution in [0.2, 0.25) is 0 Å². The molecule has 1 rings (SSSR count). The summed E-state index contributed by atoms with van der Waals surface area (Å²) in [6.45, 7) is 1.71. The van der Waals surface area contributed by atoms with Crippen LogP contribution >= 0.6 is 0 Å². The molecule has 0 spiro atoms. The Kier molecular flexibility index (Phi) is 2.54. The van der Waals surface area contributed by atoms with Gasteiger partial charge in [0.2, 0.25) is 0 Å². The van der Waals surface area contributed by atoms with Crippen molar-refractivity contribution in [2.45, 2.75) is 19.8 Å². The lowest BCUT2D eigenvalue weighted by Crippen LogP contribution is -2.19. The molecule has 0 aromatic carbocycles. The average molecular weight is 164 g/mol. The van der Waals surface area contributed by atoms with Gasteiger partial charge in [0.05, 0.1) is 5.92 Å². The zero-order chi connectivity index (χ0) is 9.14. The largest absolute Gasteiger partial charge is 0.481 e. The highest BCUT2D eigenvalue weighted by atomic mass is 16.4. The Morgan fingerprint density at radius 2 is 2.58 bits per heavy atom. The van der Waals surface area contributed by atoms with Gasteiger partial charge in [-0.1, -0.05) is 18.9 Å². The van der Waals surface area contributed by atoms with Gasteiger partial charge in [-0.2, -0.15) is 0 Å². The van der Waals surface area contributed by atoms with Crippen molar-refractivity contribution in [1.82, 2.24) is 0 Å². The molecule has 0 fully saturated rings. The molecule has 0 saturated heterocycles. The number of carbonyl (C=O) groups is 1. The van der Waals surface area contributed by atoms with Gasteiger partial charge in [0.25, 0.3) is 0 Å². The maximum atomic E-state index is 10.7. The third-order valence-electron chi connectivity index (χ3n) is 2.40. The number of hydrogen-bond acceptors (Lipinski definition) is 1. The minimum atomic E-state index is -0.761. The van der Waals surface area contributed by atoms with Crippen LogP contribution in [-0.2, 0) is 4.79 Å². The molecule has 12 heavy (non-hydrogen) atoms. The molecule has 0 radical (unpaired) electrons. The van der Waals surface area contributed by atoms with E-state index < -0.39 is 5.97 Å². The predicted molar refractivity (Wildman–Crippen MR) is 46.4 cm³/mol. The Balaban J connectivity index is 2.72. The zero-order valence-corrected chi connectivity index (χ0v) is 7.08. The molecule has 1 N–H and O–H groups in total. The maximum Gasteiger partial charge on any atom is 0.306 e. The normalized spacial score (nSPS) is 24.3. The minimum Gasteiger partial charge on any atom is -0.481 e. The lowest BCUT2D eigenvalue weighted by atomic mass is 9.88. The summed E-state index contributed by atoms with van der Waals surface area (Å²) in [4.78, 5) is 10.7. The molecular formula is C10H12O2. The number of aliphatic carboxylic acids is 1. The molecule has 2 heteroatoms. The quantitative estimate of drug-likeness (QED) is 0.630. The highest BCUT2D eigenvalue weighted by molar-refractivity contribution is 5.71. The first-order valence-electron chi connectivity index (χ1n) is 4.06. The Morgan fingerprint density at radius 1 is 1.92 bits per heavy atom. The number of terminal acetylenes is 1. The monoisotopic (exact) mass is 164 g/mol. The molecule has 0 amide bonds. The van der Waals surface area contributed by atoms with Crippen molar-refractivity contribution in [2.75, 3.05) is 0 Å². The van der Waals surface area contributed by atoms with Gasteiger partial charge in [-0.05, 0) is 12.8 Å². The van der Waals surface area contributed by atoms with E-state index in [1.54, 1.807) is 6.92 Å². The average Bonchev–Trinajstić information content (AvgIpc) is 2.49. The molecule has 1 aliphatic rings. The summed E-state index contributed by atoms with van der Waals surface area (Å²) in [6.07, 6.45) is 9.01. The molecule has 1 aliphatic carbocycles. The second kappa shape index (κ2) is 3.44. The summed E-state index contributed by atoms with van der Waals surface area (Å²) in [5.74, 6) is 1.50. The van der Waals surface area contributed by atoms with Crippen LogP contribution in [0.25, 0.3) is 0 Å². The van der Waals surface area contributed by atoms with Crippen LogP contribution in [0, 0.1) is 24.2 Å². The molecule has 64 valence electrons. The van der Waals surface area contributed by atoms with E-state index in [9.17, 15) is 4.79 Å². The standard InChI is InChI=1S/C10H12O2/c1-3-8-5-4-6-9(8)7(2)10(11)12/h1,5,7,9H,4,6H2,2H3,(H,11,12)/t7-,9+/m0/s1. The van der Waals surface area contributed by atoms with Crippen molar-refractivity contribution < 1.29 is 9.90 Å². The molecular weight excluding hydrogens is 152 g/mol. The first-order valence-corrected chi connectivity index (χ1v) is 4.06. The summed E-state index contributed by atoms with van der Waals surface area (Å²) in [5.41, 5.74) is 0.866. The third kappa shape index (κ3) is 1.50. The van der Waals surface area contributed by atoms with Crippen LogP contribution in [0.15, 0.2) is 11.6 Å². The van der Waals surface area contributed by atoms with Gasteiger partial charge < -0.3 is 5.11 Å². The van der Waals surface area contributed by atoms with E-state index in [0.717, 1.165) is 18.4 Å². The summed E-state index contributed by atoms with van der Waals surface area (Å²) in [5, 5.41) is 8.76. The first-order chi connectivity index (χ1) is 5.66. The minimum absolute atomic E-state index is 0.0625. The van der Waals surface area contributed by atoms with Crippen LogP contribution in [0.5, 0.6) is 0 Å². The van der Waals surface area contributed by atoms with Crippen molar-refractivity contribution in [3.8, 4) is 12.3 Å². The number of carboxylic acids is 1. The Bertz CT molecular complexity index is 258. The number of carboxylic acid groups (broad SMARTS) is 1. The lowest BCUT2D eigenvalue weighted by molar-refractivity contribution is -0.142. The number of allylic oxidation sites excluding steroid dienone is 2. The summed E-state index contributed by atoms with van der Waals surface area (Å²) >= 11 is 0. The second-order valence-electron chi connectivity index (χ2n) is 3.11. The third-order valence-corrected chi connectivity index (χ3v) is 2.40. The van der Waals surface area contributed by atoms with Crippen LogP contribution in [-0.4, -0.2) is 11.1 Å². The van der Waals surface area contributed by atoms with Crippen LogP contribution in [0.4, 0.5) is 0 Å². The molecule has 0 heterocycles. The predicted octanol–water partition coefficient (Wildman–Crippen LogP) is 1.68. The zero-order valence-electron chi connectivity index (χ0n) is 7.08. The molecule has 0 unspecified atom stereocenters. The van der Waals surface area contributed by atoms with E-state index >= 15 is 0 Å². The van der Waals surface area contributed by atoms with Gasteiger partial charge in [0, 0.05) is 11.5 Å². The molecule has 0 aromatic rings. The molecule has 0 bridgehead atoms. The van der Waals surface area contributed by atoms with Crippen molar-refractivity contribution in [1.29, 1.82) is 0 Å². The molecule has 0 aliphatic heterocycles. The van der Waals surface area contributed by atoms with Crippen LogP contribution in [0.3, 0.4) is 0 Å². The summed E-state index contributed by atoms with van der Waals surface area (Å²) < 4.78 is 0. The van der Waals surface area contributed by atoms with E-state index in [2.05, 4.69) is 5.92 Å². The smallest absolute Gasteiger partial charge is 0.306 e. The van der Waals surface area contributed by atoms with E-state index in [1.807, 2.05) is 6.08 Å². The van der Waals surface area contributed by atoms with Gasteiger partial charge in [-0.25, -0.2) is 0 Å². The van der Waals surface area contributed by atoms with Gasteiger partial charge in [0.15, 0.2) is 0 Å². The second-order valence-corrected chi connectivity index (χ2v) is 3.11. The van der Waals surface area contributed by atoms with Crippen LogP contribution < -0.4 is 0 Å². The fourth-order valence-electron chi connectivity index (χ4n) is 1.58. The van der Waals surface area contributed by atoms with Gasteiger partial charge in [-0.3, -0.25) is 4.79 Å². The van der Waals surface area contributed by atoms with Gasteiger partial charge >= 0.3 is 5.97 Å². The Hall–Kier alpha value is -1.23. The summed E-state index contributed by atoms with van der Waals surface area (Å²) in [7, 11) is 0. The Morgan fingerprint density at radius 3 is 3.08 bits per heavy atom. The fraction of sp³-hybridized carbons (Fsp3) is 0.500. The SMILES string of the molecule is C#CC1=CCC[C@@H]1[C@H](C)C(=O)O.